The zero-order valence-corrected chi connectivity index (χ0v) is 25.4. The van der Waals surface area contributed by atoms with Crippen LogP contribution in [-0.2, 0) is 37.4 Å². The molecule has 2 fully saturated rings. The Balaban J connectivity index is 1.20. The lowest BCUT2D eigenvalue weighted by Gasteiger charge is -2.39. The minimum Gasteiger partial charge on any atom is -0.392 e. The standard InChI is InChI=1S/C35H38N2O6S/c38-25-26-10-12-28(13-11-26)34-22-31(24-37-18-20-41-21-19-37)42-35(43-34)29-16-14-27(15-17-29)33-9-5-4-6-30(33)23-36-44(39,40)32-7-2-1-3-8-32/h1-17,31,34-36,38H,18-25H2/t31-,34+,35+/m1/s1. The van der Waals surface area contributed by atoms with Crippen molar-refractivity contribution in [3.05, 3.63) is 125 Å². The Morgan fingerprint density at radius 2 is 1.48 bits per heavy atom. The van der Waals surface area contributed by atoms with Gasteiger partial charge in [-0.1, -0.05) is 91.0 Å². The number of sulfonamides is 1. The van der Waals surface area contributed by atoms with Gasteiger partial charge in [0.15, 0.2) is 6.29 Å². The summed E-state index contributed by atoms with van der Waals surface area (Å²) in [6.45, 7) is 4.22. The van der Waals surface area contributed by atoms with E-state index in [4.69, 9.17) is 14.2 Å². The van der Waals surface area contributed by atoms with E-state index in [0.29, 0.717) is 0 Å². The average molecular weight is 615 g/mol. The van der Waals surface area contributed by atoms with Gasteiger partial charge in [0.05, 0.1) is 36.9 Å². The third kappa shape index (κ3) is 7.44. The van der Waals surface area contributed by atoms with Gasteiger partial charge in [-0.25, -0.2) is 13.1 Å². The molecule has 0 aliphatic carbocycles. The fourth-order valence-electron chi connectivity index (χ4n) is 5.74. The second-order valence-corrected chi connectivity index (χ2v) is 12.9. The number of rotatable bonds is 10. The number of ether oxygens (including phenoxy) is 3. The molecule has 0 spiro atoms. The van der Waals surface area contributed by atoms with Crippen molar-refractivity contribution in [3.63, 3.8) is 0 Å². The van der Waals surface area contributed by atoms with E-state index in [2.05, 4.69) is 9.62 Å². The van der Waals surface area contributed by atoms with E-state index in [0.717, 1.165) is 72.6 Å². The molecule has 2 aliphatic heterocycles. The number of aliphatic hydroxyl groups is 1. The van der Waals surface area contributed by atoms with Crippen molar-refractivity contribution in [1.29, 1.82) is 0 Å². The van der Waals surface area contributed by atoms with Crippen LogP contribution in [0.25, 0.3) is 11.1 Å². The molecule has 2 N–H and O–H groups in total. The average Bonchev–Trinajstić information content (AvgIpc) is 3.08. The Bertz CT molecular complexity index is 1610. The Labute approximate surface area is 259 Å². The van der Waals surface area contributed by atoms with Crippen molar-refractivity contribution in [3.8, 4) is 11.1 Å². The minimum atomic E-state index is -3.63. The summed E-state index contributed by atoms with van der Waals surface area (Å²) >= 11 is 0. The molecular weight excluding hydrogens is 576 g/mol. The third-order valence-electron chi connectivity index (χ3n) is 8.20. The fraction of sp³-hybridized carbons (Fsp3) is 0.314. The number of hydrogen-bond donors (Lipinski definition) is 2. The highest BCUT2D eigenvalue weighted by molar-refractivity contribution is 7.89. The van der Waals surface area contributed by atoms with Crippen molar-refractivity contribution >= 4 is 10.0 Å². The van der Waals surface area contributed by atoms with Gasteiger partial charge in [-0.05, 0) is 39.9 Å². The van der Waals surface area contributed by atoms with Gasteiger partial charge in [-0.3, -0.25) is 4.90 Å². The molecule has 4 aromatic carbocycles. The molecule has 2 saturated heterocycles. The smallest absolute Gasteiger partial charge is 0.240 e. The van der Waals surface area contributed by atoms with Gasteiger partial charge in [0.25, 0.3) is 0 Å². The van der Waals surface area contributed by atoms with Crippen LogP contribution in [0.2, 0.25) is 0 Å². The molecule has 0 radical (unpaired) electrons. The normalized spacial score (nSPS) is 21.2. The second-order valence-electron chi connectivity index (χ2n) is 11.2. The molecule has 0 amide bonds. The summed E-state index contributed by atoms with van der Waals surface area (Å²) in [4.78, 5) is 2.62. The van der Waals surface area contributed by atoms with E-state index in [9.17, 15) is 13.5 Å². The molecule has 8 nitrogen and oxygen atoms in total. The summed E-state index contributed by atoms with van der Waals surface area (Å²) in [6.07, 6.45) is 0.0220. The molecular formula is C35H38N2O6S. The van der Waals surface area contributed by atoms with Crippen LogP contribution in [0.5, 0.6) is 0 Å². The molecule has 6 rings (SSSR count). The van der Waals surface area contributed by atoms with Crippen LogP contribution in [0, 0.1) is 0 Å². The van der Waals surface area contributed by atoms with Crippen molar-refractivity contribution in [2.24, 2.45) is 0 Å². The van der Waals surface area contributed by atoms with E-state index < -0.39 is 16.3 Å². The van der Waals surface area contributed by atoms with Crippen LogP contribution in [0.1, 0.15) is 41.1 Å². The lowest BCUT2D eigenvalue weighted by Crippen LogP contribution is -2.44. The molecule has 230 valence electrons. The number of morpholine rings is 1. The highest BCUT2D eigenvalue weighted by atomic mass is 32.2. The van der Waals surface area contributed by atoms with Gasteiger partial charge in [0.1, 0.15) is 0 Å². The summed E-state index contributed by atoms with van der Waals surface area (Å²) < 4.78 is 47.0. The van der Waals surface area contributed by atoms with Crippen molar-refractivity contribution in [1.82, 2.24) is 9.62 Å². The number of hydrogen-bond acceptors (Lipinski definition) is 7. The molecule has 3 atom stereocenters. The van der Waals surface area contributed by atoms with Gasteiger partial charge in [0.2, 0.25) is 10.0 Å². The topological polar surface area (TPSA) is 97.3 Å². The van der Waals surface area contributed by atoms with Crippen LogP contribution in [0.4, 0.5) is 0 Å². The van der Waals surface area contributed by atoms with E-state index >= 15 is 0 Å². The zero-order valence-electron chi connectivity index (χ0n) is 24.5. The van der Waals surface area contributed by atoms with Gasteiger partial charge in [0, 0.05) is 38.2 Å². The first-order valence-electron chi connectivity index (χ1n) is 15.0. The molecule has 0 unspecified atom stereocenters. The molecule has 0 bridgehead atoms. The maximum absolute atomic E-state index is 12.8. The third-order valence-corrected chi connectivity index (χ3v) is 9.62. The molecule has 2 aliphatic rings. The van der Waals surface area contributed by atoms with E-state index in [1.807, 2.05) is 72.8 Å². The summed E-state index contributed by atoms with van der Waals surface area (Å²) in [6, 6.07) is 32.2. The van der Waals surface area contributed by atoms with E-state index in [-0.39, 0.29) is 30.3 Å². The molecule has 2 heterocycles. The highest BCUT2D eigenvalue weighted by Crippen LogP contribution is 2.39. The highest BCUT2D eigenvalue weighted by Gasteiger charge is 2.33. The summed E-state index contributed by atoms with van der Waals surface area (Å²) in [7, 11) is -3.63. The first-order valence-corrected chi connectivity index (χ1v) is 16.5. The van der Waals surface area contributed by atoms with Gasteiger partial charge >= 0.3 is 0 Å². The second kappa shape index (κ2) is 14.1. The van der Waals surface area contributed by atoms with Crippen molar-refractivity contribution < 1.29 is 27.7 Å². The zero-order chi connectivity index (χ0) is 30.4. The lowest BCUT2D eigenvalue weighted by atomic mass is 9.97. The Kier molecular flexibility index (Phi) is 9.83. The summed E-state index contributed by atoms with van der Waals surface area (Å²) in [5.41, 5.74) is 5.64. The van der Waals surface area contributed by atoms with Crippen LogP contribution >= 0.6 is 0 Å². The number of aliphatic hydroxyl groups excluding tert-OH is 1. The first-order chi connectivity index (χ1) is 21.5. The quantitative estimate of drug-likeness (QED) is 0.253. The summed E-state index contributed by atoms with van der Waals surface area (Å²) in [5, 5.41) is 9.49. The molecule has 0 saturated carbocycles. The Hall–Kier alpha value is -3.41. The number of benzene rings is 4. The van der Waals surface area contributed by atoms with Crippen LogP contribution < -0.4 is 4.72 Å². The predicted molar refractivity (Wildman–Crippen MR) is 168 cm³/mol. The lowest BCUT2D eigenvalue weighted by molar-refractivity contribution is -0.253. The van der Waals surface area contributed by atoms with Gasteiger partial charge in [-0.15, -0.1) is 0 Å². The molecule has 4 aromatic rings. The minimum absolute atomic E-state index is 0.00553. The molecule has 0 aromatic heterocycles. The van der Waals surface area contributed by atoms with Gasteiger partial charge in [-0.2, -0.15) is 0 Å². The van der Waals surface area contributed by atoms with Gasteiger partial charge < -0.3 is 19.3 Å². The number of nitrogens with one attached hydrogen (secondary N) is 1. The van der Waals surface area contributed by atoms with Crippen LogP contribution in [0.3, 0.4) is 0 Å². The first kappa shape index (κ1) is 30.6. The predicted octanol–water partition coefficient (Wildman–Crippen LogP) is 5.20. The fourth-order valence-corrected chi connectivity index (χ4v) is 6.76. The van der Waals surface area contributed by atoms with Crippen molar-refractivity contribution in [2.45, 2.75) is 43.0 Å². The maximum atomic E-state index is 12.8. The Morgan fingerprint density at radius 3 is 2.20 bits per heavy atom. The SMILES string of the molecule is O=S(=O)(NCc1ccccc1-c1ccc([C@H]2O[C@@H](CN3CCOCC3)C[C@@H](c3ccc(CO)cc3)O2)cc1)c1ccccc1. The molecule has 44 heavy (non-hydrogen) atoms. The monoisotopic (exact) mass is 614 g/mol. The van der Waals surface area contributed by atoms with Crippen LogP contribution in [0.15, 0.2) is 108 Å². The largest absolute Gasteiger partial charge is 0.392 e. The molecule has 9 heteroatoms. The van der Waals surface area contributed by atoms with Crippen LogP contribution in [-0.4, -0.2) is 57.4 Å². The summed E-state index contributed by atoms with van der Waals surface area (Å²) in [5.74, 6) is 0. The maximum Gasteiger partial charge on any atom is 0.240 e. The van der Waals surface area contributed by atoms with Crippen molar-refractivity contribution in [2.75, 3.05) is 32.8 Å². The Morgan fingerprint density at radius 1 is 0.795 bits per heavy atom. The van der Waals surface area contributed by atoms with E-state index in [1.165, 1.54) is 0 Å². The number of nitrogens with zero attached hydrogens (tertiary/aromatic N) is 1. The van der Waals surface area contributed by atoms with E-state index in [1.54, 1.807) is 30.3 Å².